The first-order valence-electron chi connectivity index (χ1n) is 12.3. The maximum absolute atomic E-state index is 15.2. The molecule has 0 saturated heterocycles. The molecule has 200 valence electrons. The quantitative estimate of drug-likeness (QED) is 0.341. The number of anilines is 1. The third-order valence-electron chi connectivity index (χ3n) is 7.04. The van der Waals surface area contributed by atoms with E-state index in [2.05, 4.69) is 35.8 Å². The van der Waals surface area contributed by atoms with Gasteiger partial charge in [0.15, 0.2) is 6.61 Å². The molecule has 0 aliphatic carbocycles. The average Bonchev–Trinajstić information content (AvgIpc) is 3.67. The predicted octanol–water partition coefficient (Wildman–Crippen LogP) is 3.18. The topological polar surface area (TPSA) is 146 Å². The van der Waals surface area contributed by atoms with Crippen LogP contribution >= 0.6 is 11.6 Å². The first-order valence-corrected chi connectivity index (χ1v) is 12.7. The minimum absolute atomic E-state index is 0.00590. The van der Waals surface area contributed by atoms with E-state index in [0.717, 1.165) is 5.69 Å². The van der Waals surface area contributed by atoms with Gasteiger partial charge in [-0.15, -0.1) is 5.10 Å². The van der Waals surface area contributed by atoms with Gasteiger partial charge in [0.1, 0.15) is 23.5 Å². The van der Waals surface area contributed by atoms with Gasteiger partial charge in [0.25, 0.3) is 11.5 Å². The SMILES string of the molecule is C[C@H]1Cc2cc(-c3cc(Cl)ccc3-n3cnnn3)cc(=O)n2[C@@H]1c1nc(-c2ccc3c(n2)OCC(=O)N3)c(F)[nH]1. The molecule has 6 heterocycles. The fraction of sp³-hybridized carbons (Fsp3) is 0.192. The van der Waals surface area contributed by atoms with E-state index in [-0.39, 0.29) is 41.3 Å². The summed E-state index contributed by atoms with van der Waals surface area (Å²) in [6.07, 6.45) is 2.03. The van der Waals surface area contributed by atoms with Crippen LogP contribution in [0.1, 0.15) is 24.5 Å². The number of halogens is 2. The van der Waals surface area contributed by atoms with Crippen molar-refractivity contribution in [2.75, 3.05) is 11.9 Å². The number of aromatic amines is 1. The zero-order chi connectivity index (χ0) is 27.5. The molecule has 14 heteroatoms. The lowest BCUT2D eigenvalue weighted by molar-refractivity contribution is -0.118. The van der Waals surface area contributed by atoms with Crippen molar-refractivity contribution in [2.45, 2.75) is 19.4 Å². The standard InChI is InChI=1S/C26H19ClFN9O3/c1-12-6-15-7-13(16-9-14(27)2-5-19(16)36-11-29-34-35-36)8-21(39)37(15)23(12)25-32-22(24(28)33-25)17-3-4-18-26(31-17)40-10-20(38)30-18/h2-5,7-9,11-12,23H,6,10H2,1H3,(H,30,38)(H,32,33)/t12-,23-/m0/s1. The number of carbonyl (C=O) groups is 1. The van der Waals surface area contributed by atoms with Crippen LogP contribution in [0.3, 0.4) is 0 Å². The Bertz CT molecular complexity index is 1870. The van der Waals surface area contributed by atoms with E-state index in [0.29, 0.717) is 39.8 Å². The van der Waals surface area contributed by atoms with Crippen LogP contribution in [0.2, 0.25) is 5.02 Å². The zero-order valence-electron chi connectivity index (χ0n) is 20.8. The van der Waals surface area contributed by atoms with Gasteiger partial charge >= 0.3 is 0 Å². The number of amides is 1. The van der Waals surface area contributed by atoms with Gasteiger partial charge in [0.2, 0.25) is 11.8 Å². The molecular formula is C26H19ClFN9O3. The third-order valence-corrected chi connectivity index (χ3v) is 7.27. The molecule has 1 aromatic carbocycles. The smallest absolute Gasteiger partial charge is 0.262 e. The lowest BCUT2D eigenvalue weighted by Gasteiger charge is -2.17. The van der Waals surface area contributed by atoms with E-state index in [1.54, 1.807) is 34.9 Å². The van der Waals surface area contributed by atoms with E-state index < -0.39 is 12.0 Å². The van der Waals surface area contributed by atoms with Crippen molar-refractivity contribution in [1.29, 1.82) is 0 Å². The Morgan fingerprint density at radius 2 is 2.00 bits per heavy atom. The number of pyridine rings is 2. The maximum Gasteiger partial charge on any atom is 0.262 e. The second kappa shape index (κ2) is 9.09. The van der Waals surface area contributed by atoms with Crippen LogP contribution < -0.4 is 15.6 Å². The number of hydrogen-bond acceptors (Lipinski definition) is 8. The highest BCUT2D eigenvalue weighted by atomic mass is 35.5. The minimum Gasteiger partial charge on any atom is -0.466 e. The van der Waals surface area contributed by atoms with Crippen LogP contribution in [0.5, 0.6) is 5.88 Å². The Kier molecular flexibility index (Phi) is 5.49. The highest BCUT2D eigenvalue weighted by Crippen LogP contribution is 2.38. The fourth-order valence-corrected chi connectivity index (χ4v) is 5.51. The van der Waals surface area contributed by atoms with Crippen LogP contribution in [0, 0.1) is 11.9 Å². The predicted molar refractivity (Wildman–Crippen MR) is 141 cm³/mol. The normalized spacial score (nSPS) is 17.7. The monoisotopic (exact) mass is 559 g/mol. The number of nitrogens with one attached hydrogen (secondary N) is 2. The fourth-order valence-electron chi connectivity index (χ4n) is 5.34. The highest BCUT2D eigenvalue weighted by molar-refractivity contribution is 6.31. The minimum atomic E-state index is -0.683. The van der Waals surface area contributed by atoms with Crippen molar-refractivity contribution in [1.82, 2.24) is 39.7 Å². The lowest BCUT2D eigenvalue weighted by Crippen LogP contribution is -2.26. The number of hydrogen-bond donors (Lipinski definition) is 2. The summed E-state index contributed by atoms with van der Waals surface area (Å²) in [6.45, 7) is 1.81. The number of ether oxygens (including phenoxy) is 1. The van der Waals surface area contributed by atoms with Crippen LogP contribution in [0.25, 0.3) is 28.2 Å². The molecule has 2 aliphatic heterocycles. The van der Waals surface area contributed by atoms with Crippen LogP contribution in [0.4, 0.5) is 10.1 Å². The first-order chi connectivity index (χ1) is 19.4. The summed E-state index contributed by atoms with van der Waals surface area (Å²) < 4.78 is 23.7. The summed E-state index contributed by atoms with van der Waals surface area (Å²) >= 11 is 6.30. The number of fused-ring (bicyclic) bond motifs is 2. The van der Waals surface area contributed by atoms with Crippen molar-refractivity contribution in [3.05, 3.63) is 81.6 Å². The maximum atomic E-state index is 15.2. The summed E-state index contributed by atoms with van der Waals surface area (Å²) in [7, 11) is 0. The number of nitrogens with zero attached hydrogens (tertiary/aromatic N) is 7. The Balaban J connectivity index is 1.27. The summed E-state index contributed by atoms with van der Waals surface area (Å²) in [6, 6.07) is 11.3. The van der Waals surface area contributed by atoms with Crippen molar-refractivity contribution in [3.8, 4) is 34.1 Å². The Hall–Kier alpha value is -4.91. The Morgan fingerprint density at radius 1 is 1.12 bits per heavy atom. The van der Waals surface area contributed by atoms with Gasteiger partial charge in [-0.25, -0.2) is 9.97 Å². The van der Waals surface area contributed by atoms with Crippen LogP contribution in [-0.2, 0) is 11.2 Å². The molecular weight excluding hydrogens is 541 g/mol. The first kappa shape index (κ1) is 24.2. The van der Waals surface area contributed by atoms with Crippen molar-refractivity contribution < 1.29 is 13.9 Å². The van der Waals surface area contributed by atoms with E-state index in [9.17, 15) is 9.59 Å². The third kappa shape index (κ3) is 3.93. The molecule has 2 aliphatic rings. The summed E-state index contributed by atoms with van der Waals surface area (Å²) in [4.78, 5) is 36.7. The number of carbonyl (C=O) groups excluding carboxylic acids is 1. The van der Waals surface area contributed by atoms with Gasteiger partial charge in [-0.3, -0.25) is 9.59 Å². The second-order valence-electron chi connectivity index (χ2n) is 9.66. The molecule has 12 nitrogen and oxygen atoms in total. The largest absolute Gasteiger partial charge is 0.466 e. The summed E-state index contributed by atoms with van der Waals surface area (Å²) in [5, 5.41) is 14.5. The van der Waals surface area contributed by atoms with Crippen LogP contribution in [0.15, 0.2) is 53.6 Å². The highest BCUT2D eigenvalue weighted by Gasteiger charge is 2.35. The molecule has 4 aromatic heterocycles. The summed E-state index contributed by atoms with van der Waals surface area (Å²) in [5.41, 5.74) is 3.16. The molecule has 0 spiro atoms. The number of benzene rings is 1. The van der Waals surface area contributed by atoms with E-state index in [1.165, 1.54) is 17.1 Å². The number of imidazole rings is 1. The van der Waals surface area contributed by atoms with Gasteiger partial charge in [0, 0.05) is 22.3 Å². The molecule has 2 atom stereocenters. The van der Waals surface area contributed by atoms with E-state index in [1.807, 2.05) is 13.0 Å². The van der Waals surface area contributed by atoms with Gasteiger partial charge in [0.05, 0.1) is 17.4 Å². The number of rotatable bonds is 4. The molecule has 0 radical (unpaired) electrons. The van der Waals surface area contributed by atoms with E-state index >= 15 is 4.39 Å². The molecule has 5 aromatic rings. The van der Waals surface area contributed by atoms with Crippen molar-refractivity contribution in [2.24, 2.45) is 5.92 Å². The number of tetrazole rings is 1. The van der Waals surface area contributed by atoms with Gasteiger partial charge in [-0.05, 0) is 64.7 Å². The van der Waals surface area contributed by atoms with Gasteiger partial charge in [-0.2, -0.15) is 9.07 Å². The molecule has 0 fully saturated rings. The lowest BCUT2D eigenvalue weighted by atomic mass is 10.0. The van der Waals surface area contributed by atoms with Crippen molar-refractivity contribution >= 4 is 23.2 Å². The second-order valence-corrected chi connectivity index (χ2v) is 10.1. The summed E-state index contributed by atoms with van der Waals surface area (Å²) in [5.74, 6) is -0.543. The number of H-pyrrole nitrogens is 1. The Labute approximate surface area is 229 Å². The zero-order valence-corrected chi connectivity index (χ0v) is 21.6. The molecule has 0 saturated carbocycles. The Morgan fingerprint density at radius 3 is 2.83 bits per heavy atom. The molecule has 7 rings (SSSR count). The van der Waals surface area contributed by atoms with Gasteiger partial charge in [-0.1, -0.05) is 18.5 Å². The molecule has 1 amide bonds. The number of aromatic nitrogens is 8. The van der Waals surface area contributed by atoms with E-state index in [4.69, 9.17) is 16.3 Å². The molecule has 40 heavy (non-hydrogen) atoms. The van der Waals surface area contributed by atoms with Gasteiger partial charge < -0.3 is 19.6 Å². The average molecular weight is 560 g/mol. The van der Waals surface area contributed by atoms with Crippen LogP contribution in [-0.4, -0.2) is 52.2 Å². The van der Waals surface area contributed by atoms with Crippen molar-refractivity contribution in [3.63, 3.8) is 0 Å². The molecule has 0 unspecified atom stereocenters. The molecule has 0 bridgehead atoms. The molecule has 2 N–H and O–H groups in total.